The molecule has 0 spiro atoms. The fourth-order valence-electron chi connectivity index (χ4n) is 2.63. The van der Waals surface area contributed by atoms with E-state index in [4.69, 9.17) is 14.5 Å². The number of rotatable bonds is 9. The van der Waals surface area contributed by atoms with Crippen molar-refractivity contribution in [3.8, 4) is 0 Å². The van der Waals surface area contributed by atoms with Gasteiger partial charge in [-0.2, -0.15) is 4.89 Å². The maximum absolute atomic E-state index is 11.7. The molecule has 1 atom stereocenters. The van der Waals surface area contributed by atoms with Gasteiger partial charge in [-0.1, -0.05) is 53.9 Å². The fourth-order valence-corrected chi connectivity index (χ4v) is 2.63. The molecule has 126 valence electrons. The summed E-state index contributed by atoms with van der Waals surface area (Å²) in [5, 5.41) is 0. The normalized spacial score (nSPS) is 13.9. The van der Waals surface area contributed by atoms with Crippen molar-refractivity contribution < 1.29 is 19.3 Å². The third-order valence-corrected chi connectivity index (χ3v) is 3.29. The molecule has 0 heterocycles. The number of ether oxygens (including phenoxy) is 1. The van der Waals surface area contributed by atoms with Gasteiger partial charge in [0.1, 0.15) is 5.60 Å². The van der Waals surface area contributed by atoms with Gasteiger partial charge in [0.25, 0.3) is 0 Å². The van der Waals surface area contributed by atoms with E-state index < -0.39 is 11.8 Å². The first-order valence-electron chi connectivity index (χ1n) is 8.12. The Balaban J connectivity index is 4.04. The van der Waals surface area contributed by atoms with Crippen molar-refractivity contribution in [2.24, 2.45) is 11.3 Å². The monoisotopic (exact) mass is 302 g/mol. The summed E-state index contributed by atoms with van der Waals surface area (Å²) in [6.07, 6.45) is 4.46. The lowest BCUT2D eigenvalue weighted by Gasteiger charge is -2.31. The molecule has 4 heteroatoms. The molecule has 0 fully saturated rings. The Hall–Kier alpha value is -0.770. The van der Waals surface area contributed by atoms with E-state index >= 15 is 0 Å². The zero-order valence-corrected chi connectivity index (χ0v) is 15.0. The number of carbonyl (C=O) groups is 1. The molecule has 0 aromatic rings. The van der Waals surface area contributed by atoms with Crippen LogP contribution in [0.1, 0.15) is 80.6 Å². The molecule has 0 bridgehead atoms. The zero-order chi connectivity index (χ0) is 16.5. The lowest BCUT2D eigenvalue weighted by molar-refractivity contribution is -0.269. The van der Waals surface area contributed by atoms with Crippen molar-refractivity contribution in [3.05, 3.63) is 0 Å². The van der Waals surface area contributed by atoms with Crippen LogP contribution < -0.4 is 0 Å². The summed E-state index contributed by atoms with van der Waals surface area (Å²) in [7, 11) is 0. The third-order valence-electron chi connectivity index (χ3n) is 3.29. The molecule has 0 aromatic heterocycles. The summed E-state index contributed by atoms with van der Waals surface area (Å²) in [5.74, 6) is 0.431. The molecular weight excluding hydrogens is 268 g/mol. The molecule has 4 nitrogen and oxygen atoms in total. The predicted octanol–water partition coefficient (Wildman–Crippen LogP) is 5.50. The van der Waals surface area contributed by atoms with Gasteiger partial charge in [0.05, 0.1) is 6.61 Å². The SMILES string of the molecule is CCCCC(CC)COOC(=O)OC(C)(C)CC(C)(C)C. The first-order valence-corrected chi connectivity index (χ1v) is 8.12. The summed E-state index contributed by atoms with van der Waals surface area (Å²) in [4.78, 5) is 21.4. The van der Waals surface area contributed by atoms with Crippen LogP contribution in [0.25, 0.3) is 0 Å². The fraction of sp³-hybridized carbons (Fsp3) is 0.941. The molecule has 1 unspecified atom stereocenters. The van der Waals surface area contributed by atoms with Crippen molar-refractivity contribution in [1.82, 2.24) is 0 Å². The molecule has 0 amide bonds. The highest BCUT2D eigenvalue weighted by Gasteiger charge is 2.30. The first-order chi connectivity index (χ1) is 9.59. The molecule has 0 aliphatic rings. The summed E-state index contributed by atoms with van der Waals surface area (Å²) in [5.41, 5.74) is -0.483. The van der Waals surface area contributed by atoms with E-state index in [2.05, 4.69) is 34.6 Å². The van der Waals surface area contributed by atoms with Crippen molar-refractivity contribution in [2.75, 3.05) is 6.61 Å². The van der Waals surface area contributed by atoms with Gasteiger partial charge in [-0.15, -0.1) is 0 Å². The Kier molecular flexibility index (Phi) is 8.95. The van der Waals surface area contributed by atoms with Crippen molar-refractivity contribution >= 4 is 6.16 Å². The minimum atomic E-state index is -0.755. The Morgan fingerprint density at radius 1 is 1.10 bits per heavy atom. The lowest BCUT2D eigenvalue weighted by Crippen LogP contribution is -2.33. The second kappa shape index (κ2) is 9.29. The Labute approximate surface area is 130 Å². The van der Waals surface area contributed by atoms with Crippen LogP contribution in [0.3, 0.4) is 0 Å². The largest absolute Gasteiger partial charge is 0.540 e. The van der Waals surface area contributed by atoms with E-state index in [0.717, 1.165) is 19.3 Å². The Bertz CT molecular complexity index is 292. The van der Waals surface area contributed by atoms with E-state index in [1.165, 1.54) is 12.8 Å². The van der Waals surface area contributed by atoms with Gasteiger partial charge in [-0.3, -0.25) is 4.89 Å². The quantitative estimate of drug-likeness (QED) is 0.320. The van der Waals surface area contributed by atoms with E-state index in [1.54, 1.807) is 0 Å². The average molecular weight is 302 g/mol. The van der Waals surface area contributed by atoms with E-state index in [0.29, 0.717) is 12.5 Å². The Morgan fingerprint density at radius 2 is 1.71 bits per heavy atom. The van der Waals surface area contributed by atoms with E-state index in [1.807, 2.05) is 13.8 Å². The van der Waals surface area contributed by atoms with Crippen LogP contribution in [0.2, 0.25) is 0 Å². The highest BCUT2D eigenvalue weighted by atomic mass is 17.2. The maximum Gasteiger partial charge on any atom is 0.540 e. The summed E-state index contributed by atoms with van der Waals surface area (Å²) in [6, 6.07) is 0. The number of unbranched alkanes of at least 4 members (excludes halogenated alkanes) is 1. The molecule has 21 heavy (non-hydrogen) atoms. The molecule has 0 aliphatic carbocycles. The molecule has 0 N–H and O–H groups in total. The zero-order valence-electron chi connectivity index (χ0n) is 15.0. The minimum absolute atomic E-state index is 0.0814. The molecule has 0 aromatic carbocycles. The summed E-state index contributed by atoms with van der Waals surface area (Å²) < 4.78 is 5.32. The van der Waals surface area contributed by atoms with Crippen molar-refractivity contribution in [3.63, 3.8) is 0 Å². The van der Waals surface area contributed by atoms with Gasteiger partial charge >= 0.3 is 6.16 Å². The minimum Gasteiger partial charge on any atom is -0.426 e. The second-order valence-corrected chi connectivity index (χ2v) is 7.63. The van der Waals surface area contributed by atoms with E-state index in [-0.39, 0.29) is 5.41 Å². The number of hydrogen-bond acceptors (Lipinski definition) is 4. The van der Waals surface area contributed by atoms with Crippen LogP contribution in [0.15, 0.2) is 0 Å². The molecule has 0 rings (SSSR count). The van der Waals surface area contributed by atoms with Gasteiger partial charge in [0.15, 0.2) is 0 Å². The second-order valence-electron chi connectivity index (χ2n) is 7.63. The van der Waals surface area contributed by atoms with Gasteiger partial charge in [0, 0.05) is 0 Å². The van der Waals surface area contributed by atoms with Crippen LogP contribution in [0.4, 0.5) is 4.79 Å². The number of carbonyl (C=O) groups excluding carboxylic acids is 1. The van der Waals surface area contributed by atoms with Gasteiger partial charge in [-0.25, -0.2) is 4.79 Å². The van der Waals surface area contributed by atoms with Gasteiger partial charge in [-0.05, 0) is 38.0 Å². The van der Waals surface area contributed by atoms with Crippen LogP contribution in [-0.4, -0.2) is 18.4 Å². The van der Waals surface area contributed by atoms with E-state index in [9.17, 15) is 4.79 Å². The maximum atomic E-state index is 11.7. The molecule has 0 radical (unpaired) electrons. The topological polar surface area (TPSA) is 44.8 Å². The summed E-state index contributed by atoms with van der Waals surface area (Å²) in [6.45, 7) is 14.8. The molecule has 0 aliphatic heterocycles. The standard InChI is InChI=1S/C17H34O4/c1-8-10-11-14(9-2)12-19-21-15(18)20-17(6,7)13-16(3,4)5/h14H,8-13H2,1-7H3. The van der Waals surface area contributed by atoms with Crippen LogP contribution >= 0.6 is 0 Å². The molecule has 0 saturated carbocycles. The number of hydrogen-bond donors (Lipinski definition) is 0. The smallest absolute Gasteiger partial charge is 0.426 e. The highest BCUT2D eigenvalue weighted by Crippen LogP contribution is 2.29. The van der Waals surface area contributed by atoms with Crippen LogP contribution in [0.5, 0.6) is 0 Å². The predicted molar refractivity (Wildman–Crippen MR) is 85.0 cm³/mol. The van der Waals surface area contributed by atoms with Crippen LogP contribution in [-0.2, 0) is 14.5 Å². The lowest BCUT2D eigenvalue weighted by atomic mass is 9.84. The Morgan fingerprint density at radius 3 is 2.19 bits per heavy atom. The van der Waals surface area contributed by atoms with Gasteiger partial charge in [0.2, 0.25) is 0 Å². The average Bonchev–Trinajstić information content (AvgIpc) is 2.29. The third kappa shape index (κ3) is 11.6. The first kappa shape index (κ1) is 20.2. The molecule has 0 saturated heterocycles. The molecular formula is C17H34O4. The van der Waals surface area contributed by atoms with Gasteiger partial charge < -0.3 is 4.74 Å². The summed E-state index contributed by atoms with van der Waals surface area (Å²) >= 11 is 0. The highest BCUT2D eigenvalue weighted by molar-refractivity contribution is 5.59. The van der Waals surface area contributed by atoms with Crippen molar-refractivity contribution in [2.45, 2.75) is 86.2 Å². The van der Waals surface area contributed by atoms with Crippen molar-refractivity contribution in [1.29, 1.82) is 0 Å². The van der Waals surface area contributed by atoms with Crippen LogP contribution in [0, 0.1) is 11.3 Å².